The summed E-state index contributed by atoms with van der Waals surface area (Å²) in [7, 11) is 1.71. The van der Waals surface area contributed by atoms with Gasteiger partial charge < -0.3 is 15.0 Å². The van der Waals surface area contributed by atoms with Gasteiger partial charge in [0, 0.05) is 35.2 Å². The van der Waals surface area contributed by atoms with Crippen LogP contribution in [0.2, 0.25) is 0 Å². The van der Waals surface area contributed by atoms with Crippen molar-refractivity contribution in [3.63, 3.8) is 0 Å². The quantitative estimate of drug-likeness (QED) is 0.921. The van der Waals surface area contributed by atoms with Crippen LogP contribution in [0, 0.1) is 0 Å². The Bertz CT molecular complexity index is 452. The van der Waals surface area contributed by atoms with Gasteiger partial charge in [0.25, 0.3) is 0 Å². The highest BCUT2D eigenvalue weighted by Gasteiger charge is 2.33. The van der Waals surface area contributed by atoms with E-state index in [2.05, 4.69) is 59.1 Å². The molecule has 1 aliphatic heterocycles. The molecule has 1 aromatic carbocycles. The van der Waals surface area contributed by atoms with Gasteiger partial charge in [0.2, 0.25) is 0 Å². The molecule has 3 nitrogen and oxygen atoms in total. The first-order valence-electron chi connectivity index (χ1n) is 6.84. The normalized spacial score (nSPS) is 27.4. The van der Waals surface area contributed by atoms with Crippen molar-refractivity contribution in [3.8, 4) is 5.75 Å². The maximum Gasteiger partial charge on any atom is 0.121 e. The fraction of sp³-hybridized carbons (Fsp3) is 0.600. The van der Waals surface area contributed by atoms with E-state index in [1.807, 2.05) is 6.07 Å². The highest BCUT2D eigenvalue weighted by atomic mass is 79.9. The van der Waals surface area contributed by atoms with Gasteiger partial charge in [-0.25, -0.2) is 0 Å². The van der Waals surface area contributed by atoms with Crippen LogP contribution >= 0.6 is 15.9 Å². The minimum absolute atomic E-state index is 0.176. The second-order valence-electron chi connectivity index (χ2n) is 5.59. The van der Waals surface area contributed by atoms with E-state index < -0.39 is 0 Å². The number of hydrogen-bond donors (Lipinski definition) is 1. The van der Waals surface area contributed by atoms with E-state index in [0.29, 0.717) is 6.04 Å². The third-order valence-corrected chi connectivity index (χ3v) is 4.79. The van der Waals surface area contributed by atoms with Crippen molar-refractivity contribution in [3.05, 3.63) is 22.7 Å². The van der Waals surface area contributed by atoms with E-state index in [4.69, 9.17) is 4.74 Å². The fourth-order valence-corrected chi connectivity index (χ4v) is 2.97. The summed E-state index contributed by atoms with van der Waals surface area (Å²) in [6.45, 7) is 8.81. The summed E-state index contributed by atoms with van der Waals surface area (Å²) in [5.74, 6) is 0.905. The lowest BCUT2D eigenvalue weighted by molar-refractivity contribution is 0.285. The van der Waals surface area contributed by atoms with Crippen LogP contribution in [0.4, 0.5) is 5.69 Å². The fourth-order valence-electron chi connectivity index (χ4n) is 2.49. The monoisotopic (exact) mass is 326 g/mol. The third-order valence-electron chi connectivity index (χ3n) is 4.12. The molecular formula is C15H23BrN2O. The van der Waals surface area contributed by atoms with Crippen LogP contribution in [0.1, 0.15) is 27.2 Å². The lowest BCUT2D eigenvalue weighted by Crippen LogP contribution is -2.62. The molecule has 1 saturated heterocycles. The highest BCUT2D eigenvalue weighted by molar-refractivity contribution is 9.10. The first kappa shape index (κ1) is 14.7. The second kappa shape index (κ2) is 5.71. The molecule has 0 amide bonds. The Balaban J connectivity index is 2.33. The molecule has 2 unspecified atom stereocenters. The minimum Gasteiger partial charge on any atom is -0.497 e. The van der Waals surface area contributed by atoms with Gasteiger partial charge in [-0.05, 0) is 48.3 Å². The van der Waals surface area contributed by atoms with Gasteiger partial charge in [-0.3, -0.25) is 0 Å². The van der Waals surface area contributed by atoms with Gasteiger partial charge in [-0.15, -0.1) is 0 Å². The number of methoxy groups -OCH3 is 1. The van der Waals surface area contributed by atoms with Crippen LogP contribution in [-0.2, 0) is 0 Å². The Labute approximate surface area is 124 Å². The number of halogens is 1. The van der Waals surface area contributed by atoms with E-state index in [1.54, 1.807) is 7.11 Å². The number of benzene rings is 1. The van der Waals surface area contributed by atoms with Crippen molar-refractivity contribution >= 4 is 21.6 Å². The summed E-state index contributed by atoms with van der Waals surface area (Å²) < 4.78 is 6.48. The zero-order valence-electron chi connectivity index (χ0n) is 12.2. The lowest BCUT2D eigenvalue weighted by atomic mass is 9.93. The molecule has 0 spiro atoms. The number of anilines is 1. The highest BCUT2D eigenvalue weighted by Crippen LogP contribution is 2.34. The number of rotatable bonds is 3. The molecule has 0 radical (unpaired) electrons. The molecule has 1 aromatic rings. The van der Waals surface area contributed by atoms with Crippen LogP contribution in [0.15, 0.2) is 22.7 Å². The molecule has 4 heteroatoms. The molecule has 2 rings (SSSR count). The number of nitrogens with one attached hydrogen (secondary N) is 1. The molecule has 1 heterocycles. The first-order chi connectivity index (χ1) is 8.99. The van der Waals surface area contributed by atoms with Crippen molar-refractivity contribution in [1.82, 2.24) is 5.32 Å². The summed E-state index contributed by atoms with van der Waals surface area (Å²) in [6, 6.07) is 6.64. The Morgan fingerprint density at radius 3 is 2.89 bits per heavy atom. The average Bonchev–Trinajstić information content (AvgIpc) is 2.43. The van der Waals surface area contributed by atoms with Crippen molar-refractivity contribution in [2.24, 2.45) is 0 Å². The third kappa shape index (κ3) is 3.06. The Morgan fingerprint density at radius 1 is 1.53 bits per heavy atom. The Morgan fingerprint density at radius 2 is 2.26 bits per heavy atom. The molecular weight excluding hydrogens is 304 g/mol. The summed E-state index contributed by atoms with van der Waals surface area (Å²) in [5.41, 5.74) is 1.39. The first-order valence-corrected chi connectivity index (χ1v) is 7.63. The number of ether oxygens (including phenoxy) is 1. The standard InChI is InChI=1S/C15H23BrN2O/c1-5-15(3)10-18(11(2)9-17-15)14-8-12(19-4)6-7-13(14)16/h6-8,11,17H,5,9-10H2,1-4H3. The zero-order valence-corrected chi connectivity index (χ0v) is 13.8. The van der Waals surface area contributed by atoms with Gasteiger partial charge >= 0.3 is 0 Å². The Kier molecular flexibility index (Phi) is 4.41. The van der Waals surface area contributed by atoms with E-state index in [1.165, 1.54) is 5.69 Å². The predicted octanol–water partition coefficient (Wildman–Crippen LogP) is 3.42. The summed E-state index contributed by atoms with van der Waals surface area (Å²) in [5, 5.41) is 3.65. The Hall–Kier alpha value is -0.740. The number of piperazine rings is 1. The smallest absolute Gasteiger partial charge is 0.121 e. The maximum atomic E-state index is 5.35. The van der Waals surface area contributed by atoms with E-state index in [-0.39, 0.29) is 5.54 Å². The van der Waals surface area contributed by atoms with Crippen LogP contribution in [0.5, 0.6) is 5.75 Å². The zero-order chi connectivity index (χ0) is 14.0. The van der Waals surface area contributed by atoms with Crippen LogP contribution < -0.4 is 15.0 Å². The van der Waals surface area contributed by atoms with Gasteiger partial charge in [-0.2, -0.15) is 0 Å². The summed E-state index contributed by atoms with van der Waals surface area (Å²) in [4.78, 5) is 2.46. The molecule has 1 fully saturated rings. The van der Waals surface area contributed by atoms with Gasteiger partial charge in [0.15, 0.2) is 0 Å². The largest absolute Gasteiger partial charge is 0.497 e. The summed E-state index contributed by atoms with van der Waals surface area (Å²) in [6.07, 6.45) is 1.12. The van der Waals surface area contributed by atoms with Crippen molar-refractivity contribution in [2.75, 3.05) is 25.1 Å². The number of hydrogen-bond acceptors (Lipinski definition) is 3. The molecule has 106 valence electrons. The van der Waals surface area contributed by atoms with Gasteiger partial charge in [-0.1, -0.05) is 6.92 Å². The molecule has 0 aromatic heterocycles. The summed E-state index contributed by atoms with van der Waals surface area (Å²) >= 11 is 3.66. The SMILES string of the molecule is CCC1(C)CN(c2cc(OC)ccc2Br)C(C)CN1. The van der Waals surface area contributed by atoms with Gasteiger partial charge in [0.1, 0.15) is 5.75 Å². The topological polar surface area (TPSA) is 24.5 Å². The van der Waals surface area contributed by atoms with Crippen LogP contribution in [0.25, 0.3) is 0 Å². The molecule has 0 aliphatic carbocycles. The minimum atomic E-state index is 0.176. The molecule has 2 atom stereocenters. The number of nitrogens with zero attached hydrogens (tertiary/aromatic N) is 1. The molecule has 19 heavy (non-hydrogen) atoms. The van der Waals surface area contributed by atoms with Crippen molar-refractivity contribution in [2.45, 2.75) is 38.8 Å². The van der Waals surface area contributed by atoms with E-state index >= 15 is 0 Å². The van der Waals surface area contributed by atoms with Crippen molar-refractivity contribution < 1.29 is 4.74 Å². The average molecular weight is 327 g/mol. The molecule has 1 aliphatic rings. The lowest BCUT2D eigenvalue weighted by Gasteiger charge is -2.46. The van der Waals surface area contributed by atoms with E-state index in [9.17, 15) is 0 Å². The van der Waals surface area contributed by atoms with Crippen molar-refractivity contribution in [1.29, 1.82) is 0 Å². The predicted molar refractivity (Wildman–Crippen MR) is 84.2 cm³/mol. The maximum absolute atomic E-state index is 5.35. The van der Waals surface area contributed by atoms with Crippen LogP contribution in [0.3, 0.4) is 0 Å². The second-order valence-corrected chi connectivity index (χ2v) is 6.44. The molecule has 1 N–H and O–H groups in total. The van der Waals surface area contributed by atoms with Gasteiger partial charge in [0.05, 0.1) is 12.8 Å². The van der Waals surface area contributed by atoms with E-state index in [0.717, 1.165) is 29.7 Å². The molecule has 0 saturated carbocycles. The molecule has 0 bridgehead atoms. The van der Waals surface area contributed by atoms with Crippen LogP contribution in [-0.4, -0.2) is 31.8 Å².